The largest absolute Gasteiger partial charge is 0.497 e. The van der Waals surface area contributed by atoms with E-state index in [1.165, 1.54) is 17.8 Å². The summed E-state index contributed by atoms with van der Waals surface area (Å²) in [5, 5.41) is 13.7. The van der Waals surface area contributed by atoms with Gasteiger partial charge in [0.2, 0.25) is 0 Å². The fourth-order valence-corrected chi connectivity index (χ4v) is 2.40. The first-order valence-electron chi connectivity index (χ1n) is 6.33. The fourth-order valence-electron chi connectivity index (χ4n) is 1.85. The number of hydrogen-bond acceptors (Lipinski definition) is 5. The SMILES string of the molecule is COc1ccc(NC(=O)c2ccc(SC)c([N+](=O)[O-])c2)cc1. The van der Waals surface area contributed by atoms with Gasteiger partial charge in [0.15, 0.2) is 0 Å². The van der Waals surface area contributed by atoms with Gasteiger partial charge in [-0.1, -0.05) is 0 Å². The summed E-state index contributed by atoms with van der Waals surface area (Å²) in [6.07, 6.45) is 1.75. The molecule has 0 saturated heterocycles. The van der Waals surface area contributed by atoms with Crippen LogP contribution in [0.25, 0.3) is 0 Å². The third-order valence-electron chi connectivity index (χ3n) is 2.99. The molecule has 0 fully saturated rings. The van der Waals surface area contributed by atoms with Gasteiger partial charge >= 0.3 is 0 Å². The van der Waals surface area contributed by atoms with E-state index >= 15 is 0 Å². The van der Waals surface area contributed by atoms with Gasteiger partial charge in [0.05, 0.1) is 16.9 Å². The smallest absolute Gasteiger partial charge is 0.283 e. The number of nitro groups is 1. The van der Waals surface area contributed by atoms with E-state index < -0.39 is 10.8 Å². The lowest BCUT2D eigenvalue weighted by atomic mass is 10.2. The minimum Gasteiger partial charge on any atom is -0.497 e. The van der Waals surface area contributed by atoms with Crippen molar-refractivity contribution in [2.45, 2.75) is 4.90 Å². The Morgan fingerprint density at radius 3 is 2.45 bits per heavy atom. The molecule has 1 amide bonds. The maximum Gasteiger partial charge on any atom is 0.283 e. The highest BCUT2D eigenvalue weighted by Crippen LogP contribution is 2.28. The number of nitro benzene ring substituents is 1. The number of ether oxygens (including phenoxy) is 1. The maximum atomic E-state index is 12.2. The minimum absolute atomic E-state index is 0.0742. The molecule has 6 nitrogen and oxygen atoms in total. The molecule has 2 rings (SSSR count). The van der Waals surface area contributed by atoms with Crippen LogP contribution in [0.1, 0.15) is 10.4 Å². The topological polar surface area (TPSA) is 81.5 Å². The Kier molecular flexibility index (Phi) is 5.00. The fraction of sp³-hybridized carbons (Fsp3) is 0.133. The first-order chi connectivity index (χ1) is 10.5. The number of carbonyl (C=O) groups excluding carboxylic acids is 1. The van der Waals surface area contributed by atoms with Crippen LogP contribution in [-0.2, 0) is 0 Å². The normalized spacial score (nSPS) is 10.1. The van der Waals surface area contributed by atoms with Crippen LogP contribution in [0.3, 0.4) is 0 Å². The summed E-state index contributed by atoms with van der Waals surface area (Å²) in [6, 6.07) is 11.3. The van der Waals surface area contributed by atoms with Gasteiger partial charge in [-0.05, 0) is 42.7 Å². The van der Waals surface area contributed by atoms with Crippen molar-refractivity contribution >= 4 is 29.0 Å². The van der Waals surface area contributed by atoms with E-state index in [1.807, 2.05) is 0 Å². The number of methoxy groups -OCH3 is 1. The van der Waals surface area contributed by atoms with Crippen molar-refractivity contribution in [2.24, 2.45) is 0 Å². The van der Waals surface area contributed by atoms with E-state index in [0.29, 0.717) is 16.3 Å². The van der Waals surface area contributed by atoms with Crippen LogP contribution < -0.4 is 10.1 Å². The van der Waals surface area contributed by atoms with Crippen molar-refractivity contribution in [3.05, 3.63) is 58.1 Å². The van der Waals surface area contributed by atoms with E-state index in [0.717, 1.165) is 0 Å². The van der Waals surface area contributed by atoms with Crippen molar-refractivity contribution in [1.82, 2.24) is 0 Å². The summed E-state index contributed by atoms with van der Waals surface area (Å²) >= 11 is 1.26. The molecule has 0 aliphatic carbocycles. The second-order valence-corrected chi connectivity index (χ2v) is 5.17. The van der Waals surface area contributed by atoms with Crippen molar-refractivity contribution in [2.75, 3.05) is 18.7 Å². The zero-order valence-electron chi connectivity index (χ0n) is 12.0. The summed E-state index contributed by atoms with van der Waals surface area (Å²) in [6.45, 7) is 0. The summed E-state index contributed by atoms with van der Waals surface area (Å²) in [7, 11) is 1.56. The predicted molar refractivity (Wildman–Crippen MR) is 85.8 cm³/mol. The Labute approximate surface area is 131 Å². The predicted octanol–water partition coefficient (Wildman–Crippen LogP) is 3.58. The highest BCUT2D eigenvalue weighted by Gasteiger charge is 2.17. The van der Waals surface area contributed by atoms with Gasteiger partial charge in [0, 0.05) is 17.3 Å². The van der Waals surface area contributed by atoms with Crippen molar-refractivity contribution in [3.63, 3.8) is 0 Å². The number of thioether (sulfide) groups is 1. The van der Waals surface area contributed by atoms with Gasteiger partial charge in [0.25, 0.3) is 11.6 Å². The zero-order valence-corrected chi connectivity index (χ0v) is 12.8. The average molecular weight is 318 g/mol. The Balaban J connectivity index is 2.21. The number of nitrogens with one attached hydrogen (secondary N) is 1. The van der Waals surface area contributed by atoms with E-state index in [-0.39, 0.29) is 11.3 Å². The number of hydrogen-bond donors (Lipinski definition) is 1. The summed E-state index contributed by atoms with van der Waals surface area (Å²) in [5.74, 6) is 0.277. The standard InChI is InChI=1S/C15H14N2O4S/c1-21-12-6-4-11(5-7-12)16-15(18)10-3-8-14(22-2)13(9-10)17(19)20/h3-9H,1-2H3,(H,16,18). The number of anilines is 1. The van der Waals surface area contributed by atoms with Crippen LogP contribution in [0.5, 0.6) is 5.75 Å². The molecular weight excluding hydrogens is 304 g/mol. The molecule has 114 valence electrons. The third-order valence-corrected chi connectivity index (χ3v) is 3.77. The van der Waals surface area contributed by atoms with Gasteiger partial charge in [-0.15, -0.1) is 11.8 Å². The van der Waals surface area contributed by atoms with Crippen LogP contribution in [0.15, 0.2) is 47.4 Å². The quantitative estimate of drug-likeness (QED) is 0.518. The lowest BCUT2D eigenvalue weighted by Crippen LogP contribution is -2.12. The lowest BCUT2D eigenvalue weighted by molar-refractivity contribution is -0.387. The maximum absolute atomic E-state index is 12.2. The Bertz CT molecular complexity index is 701. The van der Waals surface area contributed by atoms with Gasteiger partial charge in [-0.3, -0.25) is 14.9 Å². The minimum atomic E-state index is -0.490. The molecule has 0 aliphatic heterocycles. The molecule has 0 saturated carbocycles. The van der Waals surface area contributed by atoms with Crippen LogP contribution in [0.2, 0.25) is 0 Å². The van der Waals surface area contributed by atoms with E-state index in [4.69, 9.17) is 4.74 Å². The Hall–Kier alpha value is -2.54. The van der Waals surface area contributed by atoms with E-state index in [9.17, 15) is 14.9 Å². The highest BCUT2D eigenvalue weighted by molar-refractivity contribution is 7.98. The molecule has 0 atom stereocenters. The average Bonchev–Trinajstić information content (AvgIpc) is 2.54. The molecule has 2 aromatic carbocycles. The number of benzene rings is 2. The lowest BCUT2D eigenvalue weighted by Gasteiger charge is -2.07. The van der Waals surface area contributed by atoms with Gasteiger partial charge in [0.1, 0.15) is 5.75 Å². The molecule has 0 spiro atoms. The Morgan fingerprint density at radius 2 is 1.91 bits per heavy atom. The molecule has 0 radical (unpaired) electrons. The molecule has 7 heteroatoms. The number of amides is 1. The summed E-state index contributed by atoms with van der Waals surface area (Å²) < 4.78 is 5.04. The second kappa shape index (κ2) is 6.95. The van der Waals surface area contributed by atoms with Crippen LogP contribution in [0.4, 0.5) is 11.4 Å². The summed E-state index contributed by atoms with van der Waals surface area (Å²) in [4.78, 5) is 23.2. The van der Waals surface area contributed by atoms with Crippen LogP contribution >= 0.6 is 11.8 Å². The van der Waals surface area contributed by atoms with Crippen LogP contribution in [-0.4, -0.2) is 24.2 Å². The highest BCUT2D eigenvalue weighted by atomic mass is 32.2. The molecule has 0 unspecified atom stereocenters. The van der Waals surface area contributed by atoms with Crippen LogP contribution in [0, 0.1) is 10.1 Å². The second-order valence-electron chi connectivity index (χ2n) is 4.33. The zero-order chi connectivity index (χ0) is 16.1. The molecule has 1 N–H and O–H groups in total. The van der Waals surface area contributed by atoms with Crippen molar-refractivity contribution in [3.8, 4) is 5.75 Å². The van der Waals surface area contributed by atoms with E-state index in [1.54, 1.807) is 49.8 Å². The van der Waals surface area contributed by atoms with Gasteiger partial charge in [-0.25, -0.2) is 0 Å². The summed E-state index contributed by atoms with van der Waals surface area (Å²) in [5.41, 5.74) is 0.748. The van der Waals surface area contributed by atoms with E-state index in [2.05, 4.69) is 5.32 Å². The molecule has 0 bridgehead atoms. The first-order valence-corrected chi connectivity index (χ1v) is 7.55. The van der Waals surface area contributed by atoms with Crippen molar-refractivity contribution in [1.29, 1.82) is 0 Å². The molecule has 0 aromatic heterocycles. The number of carbonyl (C=O) groups is 1. The monoisotopic (exact) mass is 318 g/mol. The molecule has 0 heterocycles. The molecule has 22 heavy (non-hydrogen) atoms. The number of nitrogens with zero attached hydrogens (tertiary/aromatic N) is 1. The first kappa shape index (κ1) is 15.8. The van der Waals surface area contributed by atoms with Crippen molar-refractivity contribution < 1.29 is 14.5 Å². The molecule has 2 aromatic rings. The number of rotatable bonds is 5. The Morgan fingerprint density at radius 1 is 1.23 bits per heavy atom. The van der Waals surface area contributed by atoms with Gasteiger partial charge < -0.3 is 10.1 Å². The molecular formula is C15H14N2O4S. The molecule has 0 aliphatic rings. The van der Waals surface area contributed by atoms with Gasteiger partial charge in [-0.2, -0.15) is 0 Å². The third kappa shape index (κ3) is 3.56.